The van der Waals surface area contributed by atoms with Gasteiger partial charge in [-0.05, 0) is 12.8 Å². The summed E-state index contributed by atoms with van der Waals surface area (Å²) in [5.74, 6) is -1.99. The predicted octanol–water partition coefficient (Wildman–Crippen LogP) is 13.7. The lowest BCUT2D eigenvalue weighted by Crippen LogP contribution is -2.40. The van der Waals surface area contributed by atoms with E-state index in [1.165, 1.54) is 180 Å². The van der Waals surface area contributed by atoms with E-state index in [0.29, 0.717) is 17.4 Å². The standard InChI is InChI=1S/C50H97NO8/c1-6-8-10-12-14-16-17-18-19-20-21-22-23-24-25-26-27-28-29-30-31-32-33-35-37-39-41-48(53)59-46(45-58-50(49(54)55)56-43-42-51(3,4)5)44-57-47(52)40-38-36-34-15-13-11-9-7-2/h46,50H,6-45H2,1-5H3/p+1. The Hall–Kier alpha value is -1.71. The number of ether oxygens (including phenoxy) is 4. The molecule has 0 aromatic rings. The summed E-state index contributed by atoms with van der Waals surface area (Å²) < 4.78 is 22.7. The Morgan fingerprint density at radius 2 is 0.763 bits per heavy atom. The summed E-state index contributed by atoms with van der Waals surface area (Å²) in [6.07, 6.45) is 42.0. The van der Waals surface area contributed by atoms with Crippen molar-refractivity contribution in [3.8, 4) is 0 Å². The lowest BCUT2D eigenvalue weighted by atomic mass is 10.0. The van der Waals surface area contributed by atoms with Gasteiger partial charge in [0.1, 0.15) is 13.2 Å². The van der Waals surface area contributed by atoms with Crippen LogP contribution in [0.2, 0.25) is 0 Å². The predicted molar refractivity (Wildman–Crippen MR) is 245 cm³/mol. The number of hydrogen-bond acceptors (Lipinski definition) is 7. The number of carbonyl (C=O) groups excluding carboxylic acids is 2. The Morgan fingerprint density at radius 1 is 0.441 bits per heavy atom. The van der Waals surface area contributed by atoms with Crippen molar-refractivity contribution in [3.63, 3.8) is 0 Å². The number of esters is 2. The highest BCUT2D eigenvalue weighted by Crippen LogP contribution is 2.17. The van der Waals surface area contributed by atoms with E-state index >= 15 is 0 Å². The van der Waals surface area contributed by atoms with Gasteiger partial charge >= 0.3 is 17.9 Å². The maximum atomic E-state index is 12.8. The number of hydrogen-bond donors (Lipinski definition) is 1. The van der Waals surface area contributed by atoms with E-state index in [1.54, 1.807) is 0 Å². The molecule has 0 saturated carbocycles. The molecule has 1 N–H and O–H groups in total. The van der Waals surface area contributed by atoms with Gasteiger partial charge < -0.3 is 28.5 Å². The molecule has 350 valence electrons. The van der Waals surface area contributed by atoms with Crippen molar-refractivity contribution < 1.29 is 42.9 Å². The van der Waals surface area contributed by atoms with Gasteiger partial charge in [0, 0.05) is 12.8 Å². The maximum Gasteiger partial charge on any atom is 0.361 e. The highest BCUT2D eigenvalue weighted by Gasteiger charge is 2.25. The number of unbranched alkanes of at least 4 members (excludes halogenated alkanes) is 32. The van der Waals surface area contributed by atoms with Crippen molar-refractivity contribution in [2.75, 3.05) is 47.5 Å². The Bertz CT molecular complexity index is 938. The molecule has 0 aliphatic heterocycles. The van der Waals surface area contributed by atoms with Crippen LogP contribution in [0.5, 0.6) is 0 Å². The molecule has 0 saturated heterocycles. The Labute approximate surface area is 364 Å². The summed E-state index contributed by atoms with van der Waals surface area (Å²) >= 11 is 0. The van der Waals surface area contributed by atoms with E-state index in [0.717, 1.165) is 38.5 Å². The van der Waals surface area contributed by atoms with Gasteiger partial charge in [0.05, 0.1) is 34.4 Å². The van der Waals surface area contributed by atoms with Crippen LogP contribution in [0.15, 0.2) is 0 Å². The molecule has 0 aliphatic rings. The second-order valence-corrected chi connectivity index (χ2v) is 18.5. The summed E-state index contributed by atoms with van der Waals surface area (Å²) in [7, 11) is 5.96. The van der Waals surface area contributed by atoms with Crippen LogP contribution in [0.1, 0.15) is 245 Å². The van der Waals surface area contributed by atoms with Gasteiger partial charge in [-0.1, -0.05) is 219 Å². The summed E-state index contributed by atoms with van der Waals surface area (Å²) in [4.78, 5) is 37.0. The molecule has 0 amide bonds. The Kier molecular flexibility index (Phi) is 41.7. The zero-order chi connectivity index (χ0) is 43.5. The highest BCUT2D eigenvalue weighted by molar-refractivity contribution is 5.71. The van der Waals surface area contributed by atoms with Crippen LogP contribution in [-0.4, -0.2) is 87.4 Å². The first-order chi connectivity index (χ1) is 28.6. The molecule has 0 aromatic carbocycles. The van der Waals surface area contributed by atoms with Crippen LogP contribution in [0.25, 0.3) is 0 Å². The summed E-state index contributed by atoms with van der Waals surface area (Å²) in [5, 5.41) is 9.62. The molecule has 2 unspecified atom stereocenters. The summed E-state index contributed by atoms with van der Waals surface area (Å²) in [6, 6.07) is 0. The molecule has 9 nitrogen and oxygen atoms in total. The van der Waals surface area contributed by atoms with E-state index in [9.17, 15) is 19.5 Å². The fourth-order valence-corrected chi connectivity index (χ4v) is 7.43. The minimum Gasteiger partial charge on any atom is -0.477 e. The van der Waals surface area contributed by atoms with Crippen LogP contribution >= 0.6 is 0 Å². The second kappa shape index (κ2) is 43.0. The maximum absolute atomic E-state index is 12.8. The average molecular weight is 841 g/mol. The summed E-state index contributed by atoms with van der Waals surface area (Å²) in [5.41, 5.74) is 0. The third-order valence-electron chi connectivity index (χ3n) is 11.4. The second-order valence-electron chi connectivity index (χ2n) is 18.5. The fourth-order valence-electron chi connectivity index (χ4n) is 7.43. The number of likely N-dealkylation sites (N-methyl/N-ethyl adjacent to an activating group) is 1. The van der Waals surface area contributed by atoms with E-state index in [4.69, 9.17) is 18.9 Å². The fraction of sp³-hybridized carbons (Fsp3) is 0.940. The molecule has 9 heteroatoms. The molecular formula is C50H98NO8+. The molecular weight excluding hydrogens is 743 g/mol. The molecule has 2 atom stereocenters. The first-order valence-electron chi connectivity index (χ1n) is 25.2. The third-order valence-corrected chi connectivity index (χ3v) is 11.4. The van der Waals surface area contributed by atoms with E-state index in [-0.39, 0.29) is 38.2 Å². The molecule has 0 heterocycles. The van der Waals surface area contributed by atoms with Crippen LogP contribution in [0, 0.1) is 0 Å². The largest absolute Gasteiger partial charge is 0.477 e. The quantitative estimate of drug-likeness (QED) is 0.0279. The van der Waals surface area contributed by atoms with Gasteiger partial charge in [0.15, 0.2) is 6.10 Å². The molecule has 0 fully saturated rings. The van der Waals surface area contributed by atoms with Crippen LogP contribution in [0.4, 0.5) is 0 Å². The average Bonchev–Trinajstić information content (AvgIpc) is 3.19. The molecule has 0 aliphatic carbocycles. The first kappa shape index (κ1) is 57.3. The van der Waals surface area contributed by atoms with Gasteiger partial charge in [-0.2, -0.15) is 0 Å². The van der Waals surface area contributed by atoms with Gasteiger partial charge in [-0.3, -0.25) is 9.59 Å². The number of aliphatic carboxylic acids is 1. The molecule has 59 heavy (non-hydrogen) atoms. The number of rotatable bonds is 47. The van der Waals surface area contributed by atoms with E-state index < -0.39 is 18.4 Å². The van der Waals surface area contributed by atoms with Gasteiger partial charge in [0.2, 0.25) is 0 Å². The van der Waals surface area contributed by atoms with Crippen molar-refractivity contribution in [1.29, 1.82) is 0 Å². The molecule has 0 bridgehead atoms. The lowest BCUT2D eigenvalue weighted by Gasteiger charge is -2.25. The molecule has 0 aromatic heterocycles. The number of carbonyl (C=O) groups is 3. The van der Waals surface area contributed by atoms with Crippen LogP contribution in [0.3, 0.4) is 0 Å². The van der Waals surface area contributed by atoms with Crippen molar-refractivity contribution in [2.24, 2.45) is 0 Å². The van der Waals surface area contributed by atoms with Crippen molar-refractivity contribution in [1.82, 2.24) is 0 Å². The number of carboxylic acid groups (broad SMARTS) is 1. The highest BCUT2D eigenvalue weighted by atomic mass is 16.7. The Morgan fingerprint density at radius 3 is 1.08 bits per heavy atom. The van der Waals surface area contributed by atoms with E-state index in [2.05, 4.69) is 13.8 Å². The first-order valence-corrected chi connectivity index (χ1v) is 25.2. The smallest absolute Gasteiger partial charge is 0.361 e. The van der Waals surface area contributed by atoms with Gasteiger partial charge in [-0.15, -0.1) is 0 Å². The van der Waals surface area contributed by atoms with Crippen molar-refractivity contribution >= 4 is 17.9 Å². The minimum absolute atomic E-state index is 0.174. The van der Waals surface area contributed by atoms with E-state index in [1.807, 2.05) is 21.1 Å². The minimum atomic E-state index is -1.50. The summed E-state index contributed by atoms with van der Waals surface area (Å²) in [6.45, 7) is 4.88. The SMILES string of the molecule is CCCCCCCCCCCCCCCCCCCCCCCCCCCCC(=O)OC(COC(=O)CCCCCCCCCC)COC(OCC[N+](C)(C)C)C(=O)O. The topological polar surface area (TPSA) is 108 Å². The number of quaternary nitrogens is 1. The zero-order valence-electron chi connectivity index (χ0n) is 39.7. The zero-order valence-corrected chi connectivity index (χ0v) is 39.7. The van der Waals surface area contributed by atoms with Crippen LogP contribution in [-0.2, 0) is 33.3 Å². The Balaban J connectivity index is 4.09. The monoisotopic (exact) mass is 841 g/mol. The molecule has 0 spiro atoms. The van der Waals surface area contributed by atoms with Crippen molar-refractivity contribution in [3.05, 3.63) is 0 Å². The van der Waals surface area contributed by atoms with Crippen LogP contribution < -0.4 is 0 Å². The molecule has 0 rings (SSSR count). The molecule has 0 radical (unpaired) electrons. The van der Waals surface area contributed by atoms with Crippen molar-refractivity contribution in [2.45, 2.75) is 257 Å². The lowest BCUT2D eigenvalue weighted by molar-refractivity contribution is -0.870. The third kappa shape index (κ3) is 44.2. The normalized spacial score (nSPS) is 12.8. The number of nitrogens with zero attached hydrogens (tertiary/aromatic N) is 1. The van der Waals surface area contributed by atoms with Gasteiger partial charge in [-0.25, -0.2) is 4.79 Å². The van der Waals surface area contributed by atoms with Gasteiger partial charge in [0.25, 0.3) is 6.29 Å². The number of carboxylic acids is 1.